The van der Waals surface area contributed by atoms with E-state index in [0.29, 0.717) is 6.04 Å². The Labute approximate surface area is 123 Å². The van der Waals surface area contributed by atoms with E-state index < -0.39 is 0 Å². The molecule has 2 fully saturated rings. The van der Waals surface area contributed by atoms with Crippen molar-refractivity contribution in [2.45, 2.75) is 38.6 Å². The molecule has 19 heavy (non-hydrogen) atoms. The van der Waals surface area contributed by atoms with Crippen molar-refractivity contribution in [3.63, 3.8) is 0 Å². The molecule has 104 valence electrons. The van der Waals surface area contributed by atoms with Gasteiger partial charge in [0, 0.05) is 29.8 Å². The highest BCUT2D eigenvalue weighted by Crippen LogP contribution is 2.32. The zero-order valence-corrected chi connectivity index (χ0v) is 13.1. The van der Waals surface area contributed by atoms with Gasteiger partial charge in [-0.1, -0.05) is 0 Å². The highest BCUT2D eigenvalue weighted by molar-refractivity contribution is 9.10. The first-order chi connectivity index (χ1) is 9.22. The van der Waals surface area contributed by atoms with Gasteiger partial charge < -0.3 is 10.2 Å². The van der Waals surface area contributed by atoms with Crippen LogP contribution in [0.4, 0.5) is 5.82 Å². The number of hydrogen-bond donors (Lipinski definition) is 1. The predicted octanol–water partition coefficient (Wildman–Crippen LogP) is 3.12. The van der Waals surface area contributed by atoms with E-state index in [1.807, 2.05) is 6.20 Å². The second-order valence-electron chi connectivity index (χ2n) is 5.94. The minimum absolute atomic E-state index is 0.642. The lowest BCUT2D eigenvalue weighted by Crippen LogP contribution is -2.39. The SMILES string of the molecule is Cc1cc(Br)cnc1N(CC1CC1)CC1CCCN1. The van der Waals surface area contributed by atoms with E-state index in [2.05, 4.69) is 44.1 Å². The molecule has 1 saturated heterocycles. The summed E-state index contributed by atoms with van der Waals surface area (Å²) in [6.45, 7) is 5.61. The van der Waals surface area contributed by atoms with E-state index in [4.69, 9.17) is 0 Å². The average molecular weight is 324 g/mol. The number of pyridine rings is 1. The van der Waals surface area contributed by atoms with Gasteiger partial charge in [-0.2, -0.15) is 0 Å². The summed E-state index contributed by atoms with van der Waals surface area (Å²) in [4.78, 5) is 7.15. The fourth-order valence-corrected chi connectivity index (χ4v) is 3.35. The molecule has 0 bridgehead atoms. The summed E-state index contributed by atoms with van der Waals surface area (Å²) in [5.41, 5.74) is 1.27. The highest BCUT2D eigenvalue weighted by Gasteiger charge is 2.27. The third kappa shape index (κ3) is 3.48. The maximum atomic E-state index is 4.65. The van der Waals surface area contributed by atoms with Gasteiger partial charge in [-0.3, -0.25) is 0 Å². The Morgan fingerprint density at radius 2 is 2.21 bits per heavy atom. The molecule has 1 N–H and O–H groups in total. The van der Waals surface area contributed by atoms with Crippen molar-refractivity contribution in [2.75, 3.05) is 24.5 Å². The summed E-state index contributed by atoms with van der Waals surface area (Å²) in [5, 5.41) is 3.60. The first kappa shape index (κ1) is 13.4. The number of halogens is 1. The van der Waals surface area contributed by atoms with Crippen LogP contribution in [0.5, 0.6) is 0 Å². The van der Waals surface area contributed by atoms with Crippen LogP contribution in [0.2, 0.25) is 0 Å². The van der Waals surface area contributed by atoms with Crippen molar-refractivity contribution in [1.29, 1.82) is 0 Å². The number of anilines is 1. The predicted molar refractivity (Wildman–Crippen MR) is 82.6 cm³/mol. The number of rotatable bonds is 5. The van der Waals surface area contributed by atoms with Gasteiger partial charge in [-0.15, -0.1) is 0 Å². The molecule has 0 aromatic carbocycles. The van der Waals surface area contributed by atoms with Gasteiger partial charge in [-0.25, -0.2) is 4.98 Å². The Balaban J connectivity index is 1.75. The zero-order valence-electron chi connectivity index (χ0n) is 11.5. The molecule has 2 aliphatic rings. The molecule has 1 aliphatic carbocycles. The minimum Gasteiger partial charge on any atom is -0.355 e. The fourth-order valence-electron chi connectivity index (χ4n) is 2.90. The van der Waals surface area contributed by atoms with Gasteiger partial charge in [0.1, 0.15) is 5.82 Å². The molecule has 1 aromatic heterocycles. The second-order valence-corrected chi connectivity index (χ2v) is 6.85. The van der Waals surface area contributed by atoms with Crippen molar-refractivity contribution in [3.8, 4) is 0 Å². The first-order valence-electron chi connectivity index (χ1n) is 7.33. The summed E-state index contributed by atoms with van der Waals surface area (Å²) in [6.07, 6.45) is 7.32. The molecule has 3 rings (SSSR count). The standard InChI is InChI=1S/C15H22BrN3/c1-11-7-13(16)8-18-15(11)19(9-12-4-5-12)10-14-3-2-6-17-14/h7-8,12,14,17H,2-6,9-10H2,1H3. The van der Waals surface area contributed by atoms with Crippen molar-refractivity contribution < 1.29 is 0 Å². The lowest BCUT2D eigenvalue weighted by atomic mass is 10.2. The van der Waals surface area contributed by atoms with E-state index in [0.717, 1.165) is 16.9 Å². The minimum atomic E-state index is 0.642. The molecule has 0 amide bonds. The van der Waals surface area contributed by atoms with Crippen LogP contribution in [0.15, 0.2) is 16.7 Å². The number of hydrogen-bond acceptors (Lipinski definition) is 3. The van der Waals surface area contributed by atoms with Crippen LogP contribution in [0.25, 0.3) is 0 Å². The Morgan fingerprint density at radius 3 is 2.84 bits per heavy atom. The van der Waals surface area contributed by atoms with E-state index in [1.54, 1.807) is 0 Å². The van der Waals surface area contributed by atoms with Gasteiger partial charge in [0.2, 0.25) is 0 Å². The van der Waals surface area contributed by atoms with Gasteiger partial charge in [0.05, 0.1) is 0 Å². The van der Waals surface area contributed by atoms with Crippen LogP contribution in [-0.2, 0) is 0 Å². The Kier molecular flexibility index (Phi) is 4.08. The number of nitrogens with one attached hydrogen (secondary N) is 1. The first-order valence-corrected chi connectivity index (χ1v) is 8.12. The summed E-state index contributed by atoms with van der Waals surface area (Å²) in [7, 11) is 0. The largest absolute Gasteiger partial charge is 0.355 e. The quantitative estimate of drug-likeness (QED) is 0.902. The smallest absolute Gasteiger partial charge is 0.131 e. The molecule has 4 heteroatoms. The van der Waals surface area contributed by atoms with Crippen molar-refractivity contribution >= 4 is 21.7 Å². The molecule has 1 unspecified atom stereocenters. The molecule has 0 radical (unpaired) electrons. The monoisotopic (exact) mass is 323 g/mol. The number of nitrogens with zero attached hydrogens (tertiary/aromatic N) is 2. The Hall–Kier alpha value is -0.610. The summed E-state index contributed by atoms with van der Waals surface area (Å²) >= 11 is 3.50. The van der Waals surface area contributed by atoms with Crippen LogP contribution < -0.4 is 10.2 Å². The summed E-state index contributed by atoms with van der Waals surface area (Å²) in [6, 6.07) is 2.81. The van der Waals surface area contributed by atoms with E-state index in [-0.39, 0.29) is 0 Å². The molecule has 1 aromatic rings. The molecule has 1 saturated carbocycles. The third-order valence-corrected chi connectivity index (χ3v) is 4.53. The maximum Gasteiger partial charge on any atom is 0.131 e. The topological polar surface area (TPSA) is 28.2 Å². The maximum absolute atomic E-state index is 4.65. The lowest BCUT2D eigenvalue weighted by Gasteiger charge is -2.28. The van der Waals surface area contributed by atoms with Gasteiger partial charge in [0.15, 0.2) is 0 Å². The van der Waals surface area contributed by atoms with Crippen molar-refractivity contribution in [2.24, 2.45) is 5.92 Å². The highest BCUT2D eigenvalue weighted by atomic mass is 79.9. The number of aryl methyl sites for hydroxylation is 1. The van der Waals surface area contributed by atoms with E-state index >= 15 is 0 Å². The van der Waals surface area contributed by atoms with Gasteiger partial charge in [-0.05, 0) is 72.6 Å². The molecule has 1 atom stereocenters. The average Bonchev–Trinajstić information content (AvgIpc) is 3.03. The molecule has 2 heterocycles. The van der Waals surface area contributed by atoms with Crippen LogP contribution in [0.3, 0.4) is 0 Å². The molecular weight excluding hydrogens is 302 g/mol. The van der Waals surface area contributed by atoms with Gasteiger partial charge >= 0.3 is 0 Å². The molecule has 3 nitrogen and oxygen atoms in total. The fraction of sp³-hybridized carbons (Fsp3) is 0.667. The lowest BCUT2D eigenvalue weighted by molar-refractivity contribution is 0.566. The number of aromatic nitrogens is 1. The molecule has 1 aliphatic heterocycles. The van der Waals surface area contributed by atoms with E-state index in [9.17, 15) is 0 Å². The molecule has 0 spiro atoms. The van der Waals surface area contributed by atoms with Crippen LogP contribution >= 0.6 is 15.9 Å². The van der Waals surface area contributed by atoms with Crippen LogP contribution in [0.1, 0.15) is 31.2 Å². The summed E-state index contributed by atoms with van der Waals surface area (Å²) < 4.78 is 1.07. The molecular formula is C15H22BrN3. The second kappa shape index (κ2) is 5.80. The zero-order chi connectivity index (χ0) is 13.2. The Morgan fingerprint density at radius 1 is 1.37 bits per heavy atom. The van der Waals surface area contributed by atoms with E-state index in [1.165, 1.54) is 50.2 Å². The van der Waals surface area contributed by atoms with Crippen LogP contribution in [-0.4, -0.2) is 30.7 Å². The summed E-state index contributed by atoms with van der Waals surface area (Å²) in [5.74, 6) is 2.06. The van der Waals surface area contributed by atoms with Gasteiger partial charge in [0.25, 0.3) is 0 Å². The Bertz CT molecular complexity index is 439. The van der Waals surface area contributed by atoms with Crippen molar-refractivity contribution in [1.82, 2.24) is 10.3 Å². The van der Waals surface area contributed by atoms with Crippen molar-refractivity contribution in [3.05, 3.63) is 22.3 Å². The third-order valence-electron chi connectivity index (χ3n) is 4.10. The van der Waals surface area contributed by atoms with Crippen LogP contribution in [0, 0.1) is 12.8 Å². The normalized spacial score (nSPS) is 22.7.